The molecule has 0 aliphatic carbocycles. The number of rotatable bonds is 3. The largest absolute Gasteiger partial charge is 0.481 e. The first-order valence-corrected chi connectivity index (χ1v) is 5.64. The molecule has 86 valence electrons. The first-order chi connectivity index (χ1) is 7.72. The zero-order chi connectivity index (χ0) is 11.5. The molecule has 1 aliphatic heterocycles. The van der Waals surface area contributed by atoms with Crippen molar-refractivity contribution in [2.75, 3.05) is 6.61 Å². The van der Waals surface area contributed by atoms with Gasteiger partial charge in [0.15, 0.2) is 0 Å². The summed E-state index contributed by atoms with van der Waals surface area (Å²) in [5.74, 6) is -1.12. The third-order valence-electron chi connectivity index (χ3n) is 3.11. The Kier molecular flexibility index (Phi) is 3.25. The van der Waals surface area contributed by atoms with Gasteiger partial charge in [-0.25, -0.2) is 0 Å². The summed E-state index contributed by atoms with van der Waals surface area (Å²) in [7, 11) is 0. The Morgan fingerprint density at radius 3 is 3.00 bits per heavy atom. The normalized spacial score (nSPS) is 16.6. The van der Waals surface area contributed by atoms with Crippen LogP contribution in [0.5, 0.6) is 0 Å². The summed E-state index contributed by atoms with van der Waals surface area (Å²) in [6.07, 6.45) is 1.52. The molecule has 0 bridgehead atoms. The van der Waals surface area contributed by atoms with Crippen molar-refractivity contribution >= 4 is 5.97 Å². The predicted octanol–water partition coefficient (Wildman–Crippen LogP) is 2.34. The Balaban J connectivity index is 2.32. The third kappa shape index (κ3) is 2.09. The zero-order valence-corrected chi connectivity index (χ0v) is 9.40. The molecule has 0 saturated carbocycles. The van der Waals surface area contributed by atoms with E-state index in [-0.39, 0.29) is 5.92 Å². The van der Waals surface area contributed by atoms with Crippen LogP contribution in [0.3, 0.4) is 0 Å². The highest BCUT2D eigenvalue weighted by Crippen LogP contribution is 2.25. The lowest BCUT2D eigenvalue weighted by Gasteiger charge is -2.19. The maximum absolute atomic E-state index is 11.1. The molecule has 3 nitrogen and oxygen atoms in total. The lowest BCUT2D eigenvalue weighted by atomic mass is 9.92. The second-order valence-corrected chi connectivity index (χ2v) is 4.13. The van der Waals surface area contributed by atoms with Crippen molar-refractivity contribution in [2.45, 2.75) is 32.3 Å². The van der Waals surface area contributed by atoms with Crippen LogP contribution in [0.15, 0.2) is 18.2 Å². The number of benzene rings is 1. The second kappa shape index (κ2) is 4.66. The van der Waals surface area contributed by atoms with Crippen LogP contribution in [0, 0.1) is 0 Å². The molecule has 1 aromatic carbocycles. The Morgan fingerprint density at radius 2 is 2.31 bits per heavy atom. The summed E-state index contributed by atoms with van der Waals surface area (Å²) >= 11 is 0. The van der Waals surface area contributed by atoms with E-state index in [4.69, 9.17) is 9.84 Å². The maximum Gasteiger partial charge on any atom is 0.310 e. The van der Waals surface area contributed by atoms with Crippen LogP contribution in [0.2, 0.25) is 0 Å². The molecule has 0 radical (unpaired) electrons. The highest BCUT2D eigenvalue weighted by Gasteiger charge is 2.19. The summed E-state index contributed by atoms with van der Waals surface area (Å²) < 4.78 is 5.35. The van der Waals surface area contributed by atoms with Crippen molar-refractivity contribution in [3.8, 4) is 0 Å². The summed E-state index contributed by atoms with van der Waals surface area (Å²) in [5, 5.41) is 9.11. The molecule has 0 amide bonds. The van der Waals surface area contributed by atoms with Gasteiger partial charge in [-0.15, -0.1) is 0 Å². The first kappa shape index (κ1) is 11.1. The molecule has 0 fully saturated rings. The summed E-state index contributed by atoms with van der Waals surface area (Å²) in [6, 6.07) is 5.94. The van der Waals surface area contributed by atoms with Crippen LogP contribution >= 0.6 is 0 Å². The number of fused-ring (bicyclic) bond motifs is 1. The zero-order valence-electron chi connectivity index (χ0n) is 9.40. The fourth-order valence-corrected chi connectivity index (χ4v) is 2.15. The van der Waals surface area contributed by atoms with Crippen molar-refractivity contribution < 1.29 is 14.6 Å². The second-order valence-electron chi connectivity index (χ2n) is 4.13. The smallest absolute Gasteiger partial charge is 0.310 e. The molecule has 1 N–H and O–H groups in total. The standard InChI is InChI=1S/C13H16O3/c1-2-12(13(14)15)10-3-4-11-8-16-6-5-9(11)7-10/h3-4,7,12H,2,5-6,8H2,1H3,(H,14,15). The number of carboxylic acid groups (broad SMARTS) is 1. The van der Waals surface area contributed by atoms with Crippen LogP contribution in [-0.4, -0.2) is 17.7 Å². The van der Waals surface area contributed by atoms with Crippen molar-refractivity contribution in [3.63, 3.8) is 0 Å². The minimum atomic E-state index is -0.741. The van der Waals surface area contributed by atoms with Gasteiger partial charge in [-0.2, -0.15) is 0 Å². The van der Waals surface area contributed by atoms with E-state index in [1.807, 2.05) is 25.1 Å². The average molecular weight is 220 g/mol. The van der Waals surface area contributed by atoms with Crippen molar-refractivity contribution in [1.29, 1.82) is 0 Å². The predicted molar refractivity (Wildman–Crippen MR) is 60.5 cm³/mol. The summed E-state index contributed by atoms with van der Waals surface area (Å²) in [6.45, 7) is 3.29. The van der Waals surface area contributed by atoms with Gasteiger partial charge in [-0.05, 0) is 29.5 Å². The number of hydrogen-bond donors (Lipinski definition) is 1. The lowest BCUT2D eigenvalue weighted by Crippen LogP contribution is -2.14. The van der Waals surface area contributed by atoms with Crippen molar-refractivity contribution in [2.24, 2.45) is 0 Å². The monoisotopic (exact) mass is 220 g/mol. The molecular formula is C13H16O3. The number of carboxylic acids is 1. The Morgan fingerprint density at radius 1 is 1.50 bits per heavy atom. The Bertz CT molecular complexity index is 398. The minimum absolute atomic E-state index is 0.381. The van der Waals surface area contributed by atoms with Crippen LogP contribution in [0.1, 0.15) is 36.0 Å². The van der Waals surface area contributed by atoms with E-state index in [9.17, 15) is 4.79 Å². The van der Waals surface area contributed by atoms with Gasteiger partial charge in [-0.3, -0.25) is 4.79 Å². The summed E-state index contributed by atoms with van der Waals surface area (Å²) in [5.41, 5.74) is 3.34. The van der Waals surface area contributed by atoms with Crippen LogP contribution in [-0.2, 0) is 22.6 Å². The molecule has 16 heavy (non-hydrogen) atoms. The first-order valence-electron chi connectivity index (χ1n) is 5.64. The van der Waals surface area contributed by atoms with Gasteiger partial charge in [-0.1, -0.05) is 25.1 Å². The number of aliphatic carboxylic acids is 1. The fraction of sp³-hybridized carbons (Fsp3) is 0.462. The summed E-state index contributed by atoms with van der Waals surface area (Å²) in [4.78, 5) is 11.1. The Labute approximate surface area is 95.0 Å². The van der Waals surface area contributed by atoms with E-state index in [1.165, 1.54) is 11.1 Å². The van der Waals surface area contributed by atoms with Gasteiger partial charge in [0.05, 0.1) is 19.1 Å². The third-order valence-corrected chi connectivity index (χ3v) is 3.11. The fourth-order valence-electron chi connectivity index (χ4n) is 2.15. The molecule has 1 atom stereocenters. The molecule has 3 heteroatoms. The Hall–Kier alpha value is -1.35. The lowest BCUT2D eigenvalue weighted by molar-refractivity contribution is -0.138. The quantitative estimate of drug-likeness (QED) is 0.850. The molecule has 0 aromatic heterocycles. The van der Waals surface area contributed by atoms with E-state index in [0.29, 0.717) is 13.0 Å². The average Bonchev–Trinajstić information content (AvgIpc) is 2.29. The van der Waals surface area contributed by atoms with E-state index in [1.54, 1.807) is 0 Å². The van der Waals surface area contributed by atoms with E-state index < -0.39 is 5.97 Å². The topological polar surface area (TPSA) is 46.5 Å². The van der Waals surface area contributed by atoms with Gasteiger partial charge < -0.3 is 9.84 Å². The molecule has 0 saturated heterocycles. The number of hydrogen-bond acceptors (Lipinski definition) is 2. The molecule has 1 aromatic rings. The number of ether oxygens (including phenoxy) is 1. The van der Waals surface area contributed by atoms with Gasteiger partial charge in [0.25, 0.3) is 0 Å². The van der Waals surface area contributed by atoms with Gasteiger partial charge in [0.2, 0.25) is 0 Å². The number of carbonyl (C=O) groups is 1. The van der Waals surface area contributed by atoms with Gasteiger partial charge >= 0.3 is 5.97 Å². The molecule has 1 heterocycles. The van der Waals surface area contributed by atoms with Crippen molar-refractivity contribution in [1.82, 2.24) is 0 Å². The molecule has 1 unspecified atom stereocenters. The van der Waals surface area contributed by atoms with E-state index in [2.05, 4.69) is 0 Å². The van der Waals surface area contributed by atoms with E-state index in [0.717, 1.165) is 18.6 Å². The minimum Gasteiger partial charge on any atom is -0.481 e. The van der Waals surface area contributed by atoms with Crippen LogP contribution in [0.4, 0.5) is 0 Å². The molecule has 0 spiro atoms. The highest BCUT2D eigenvalue weighted by molar-refractivity contribution is 5.76. The maximum atomic E-state index is 11.1. The van der Waals surface area contributed by atoms with Gasteiger partial charge in [0, 0.05) is 0 Å². The SMILES string of the molecule is CCC(C(=O)O)c1ccc2c(c1)CCOC2. The highest BCUT2D eigenvalue weighted by atomic mass is 16.5. The van der Waals surface area contributed by atoms with Crippen LogP contribution < -0.4 is 0 Å². The van der Waals surface area contributed by atoms with E-state index >= 15 is 0 Å². The van der Waals surface area contributed by atoms with Gasteiger partial charge in [0.1, 0.15) is 0 Å². The molecular weight excluding hydrogens is 204 g/mol. The molecule has 1 aliphatic rings. The van der Waals surface area contributed by atoms with Crippen LogP contribution in [0.25, 0.3) is 0 Å². The molecule has 2 rings (SSSR count). The van der Waals surface area contributed by atoms with Crippen molar-refractivity contribution in [3.05, 3.63) is 34.9 Å².